The summed E-state index contributed by atoms with van der Waals surface area (Å²) in [6.07, 6.45) is 2.17. The van der Waals surface area contributed by atoms with Gasteiger partial charge in [-0.2, -0.15) is 0 Å². The van der Waals surface area contributed by atoms with Crippen LogP contribution in [0.3, 0.4) is 0 Å². The molecular weight excluding hydrogens is 274 g/mol. The van der Waals surface area contributed by atoms with Gasteiger partial charge in [0.2, 0.25) is 5.91 Å². The van der Waals surface area contributed by atoms with Crippen LogP contribution >= 0.6 is 0 Å². The maximum atomic E-state index is 12.2. The van der Waals surface area contributed by atoms with Crippen molar-refractivity contribution in [2.75, 3.05) is 6.61 Å². The second-order valence-corrected chi connectivity index (χ2v) is 5.73. The molecule has 1 saturated heterocycles. The van der Waals surface area contributed by atoms with Gasteiger partial charge >= 0.3 is 5.97 Å². The lowest BCUT2D eigenvalue weighted by molar-refractivity contribution is -0.176. The number of rotatable bonds is 4. The normalized spacial score (nSPS) is 23.1. The standard InChI is InChI=1S/C14H21N3O4/c1-8(2)16-7-15-5-10(16)12-13(14(19)20)21-6-11(18)17(12)9(3)4/h5,7-9,12-13H,6H2,1-4H3,(H,19,20). The summed E-state index contributed by atoms with van der Waals surface area (Å²) in [4.78, 5) is 29.4. The fourth-order valence-electron chi connectivity index (χ4n) is 2.72. The van der Waals surface area contributed by atoms with E-state index in [9.17, 15) is 14.7 Å². The van der Waals surface area contributed by atoms with Gasteiger partial charge in [-0.3, -0.25) is 4.79 Å². The van der Waals surface area contributed by atoms with E-state index in [2.05, 4.69) is 4.98 Å². The molecule has 0 bridgehead atoms. The highest BCUT2D eigenvalue weighted by molar-refractivity contribution is 5.83. The predicted octanol–water partition coefficient (Wildman–Crippen LogP) is 1.23. The summed E-state index contributed by atoms with van der Waals surface area (Å²) in [5.41, 5.74) is 0.680. The lowest BCUT2D eigenvalue weighted by atomic mass is 10.0. The maximum Gasteiger partial charge on any atom is 0.335 e. The van der Waals surface area contributed by atoms with E-state index in [0.29, 0.717) is 5.69 Å². The number of amides is 1. The van der Waals surface area contributed by atoms with Gasteiger partial charge in [-0.15, -0.1) is 0 Å². The summed E-state index contributed by atoms with van der Waals surface area (Å²) in [5.74, 6) is -1.28. The second-order valence-electron chi connectivity index (χ2n) is 5.73. The fraction of sp³-hybridized carbons (Fsp3) is 0.643. The number of hydrogen-bond acceptors (Lipinski definition) is 4. The molecule has 7 nitrogen and oxygen atoms in total. The van der Waals surface area contributed by atoms with E-state index >= 15 is 0 Å². The van der Waals surface area contributed by atoms with E-state index in [1.807, 2.05) is 32.3 Å². The van der Waals surface area contributed by atoms with Gasteiger partial charge in [0, 0.05) is 12.1 Å². The molecular formula is C14H21N3O4. The van der Waals surface area contributed by atoms with Crippen molar-refractivity contribution in [3.8, 4) is 0 Å². The molecule has 0 radical (unpaired) electrons. The number of hydrogen-bond donors (Lipinski definition) is 1. The van der Waals surface area contributed by atoms with Crippen LogP contribution in [-0.2, 0) is 14.3 Å². The van der Waals surface area contributed by atoms with E-state index in [4.69, 9.17) is 4.74 Å². The van der Waals surface area contributed by atoms with E-state index in [1.165, 1.54) is 0 Å². The molecule has 1 aliphatic heterocycles. The van der Waals surface area contributed by atoms with Crippen molar-refractivity contribution < 1.29 is 19.4 Å². The Morgan fingerprint density at radius 1 is 1.38 bits per heavy atom. The molecule has 0 spiro atoms. The third kappa shape index (κ3) is 2.78. The molecule has 1 amide bonds. The number of carboxylic acids is 1. The summed E-state index contributed by atoms with van der Waals surface area (Å²) >= 11 is 0. The van der Waals surface area contributed by atoms with Gasteiger partial charge in [0.05, 0.1) is 18.2 Å². The number of aliphatic carboxylic acids is 1. The first kappa shape index (κ1) is 15.5. The molecule has 116 valence electrons. The van der Waals surface area contributed by atoms with Crippen molar-refractivity contribution in [3.63, 3.8) is 0 Å². The van der Waals surface area contributed by atoms with E-state index < -0.39 is 18.1 Å². The zero-order valence-electron chi connectivity index (χ0n) is 12.7. The molecule has 21 heavy (non-hydrogen) atoms. The van der Waals surface area contributed by atoms with Crippen LogP contribution in [0.25, 0.3) is 0 Å². The van der Waals surface area contributed by atoms with Gasteiger partial charge in [-0.05, 0) is 27.7 Å². The molecule has 2 heterocycles. The van der Waals surface area contributed by atoms with Crippen LogP contribution in [0.4, 0.5) is 0 Å². The fourth-order valence-corrected chi connectivity index (χ4v) is 2.72. The molecule has 2 atom stereocenters. The van der Waals surface area contributed by atoms with Crippen LogP contribution in [0, 0.1) is 0 Å². The number of carbonyl (C=O) groups is 2. The lowest BCUT2D eigenvalue weighted by Crippen LogP contribution is -2.54. The van der Waals surface area contributed by atoms with Gasteiger partial charge in [0.1, 0.15) is 12.6 Å². The van der Waals surface area contributed by atoms with Crippen LogP contribution < -0.4 is 0 Å². The van der Waals surface area contributed by atoms with Crippen LogP contribution in [0.1, 0.15) is 45.5 Å². The Kier molecular flexibility index (Phi) is 4.32. The highest BCUT2D eigenvalue weighted by Gasteiger charge is 2.44. The van der Waals surface area contributed by atoms with Crippen LogP contribution in [0.15, 0.2) is 12.5 Å². The zero-order chi connectivity index (χ0) is 15.7. The third-order valence-electron chi connectivity index (χ3n) is 3.62. The maximum absolute atomic E-state index is 12.2. The first-order valence-electron chi connectivity index (χ1n) is 7.01. The summed E-state index contributed by atoms with van der Waals surface area (Å²) in [7, 11) is 0. The van der Waals surface area contributed by atoms with Crippen LogP contribution in [0.5, 0.6) is 0 Å². The monoisotopic (exact) mass is 295 g/mol. The molecule has 2 unspecified atom stereocenters. The van der Waals surface area contributed by atoms with Gasteiger partial charge in [0.25, 0.3) is 0 Å². The molecule has 1 aromatic heterocycles. The topological polar surface area (TPSA) is 84.7 Å². The average Bonchev–Trinajstić information content (AvgIpc) is 2.86. The Labute approximate surface area is 123 Å². The molecule has 1 aromatic rings. The minimum atomic E-state index is -1.08. The van der Waals surface area contributed by atoms with Crippen molar-refractivity contribution in [3.05, 3.63) is 18.2 Å². The summed E-state index contributed by atoms with van der Waals surface area (Å²) in [6.45, 7) is 7.48. The van der Waals surface area contributed by atoms with Crippen molar-refractivity contribution >= 4 is 11.9 Å². The van der Waals surface area contributed by atoms with Gasteiger partial charge in [-0.25, -0.2) is 9.78 Å². The van der Waals surface area contributed by atoms with Gasteiger partial charge in [0.15, 0.2) is 6.10 Å². The predicted molar refractivity (Wildman–Crippen MR) is 74.7 cm³/mol. The van der Waals surface area contributed by atoms with E-state index in [1.54, 1.807) is 17.4 Å². The molecule has 0 aliphatic carbocycles. The van der Waals surface area contributed by atoms with Crippen molar-refractivity contribution in [2.24, 2.45) is 0 Å². The molecule has 0 aromatic carbocycles. The lowest BCUT2D eigenvalue weighted by Gasteiger charge is -2.42. The summed E-state index contributed by atoms with van der Waals surface area (Å²) < 4.78 is 7.14. The molecule has 1 aliphatic rings. The van der Waals surface area contributed by atoms with E-state index in [-0.39, 0.29) is 24.6 Å². The Bertz CT molecular complexity index is 538. The zero-order valence-corrected chi connectivity index (χ0v) is 12.7. The SMILES string of the molecule is CC(C)N1C(=O)COC(C(=O)O)C1c1cncn1C(C)C. The molecule has 1 N–H and O–H groups in total. The smallest absolute Gasteiger partial charge is 0.335 e. The Morgan fingerprint density at radius 3 is 2.57 bits per heavy atom. The quantitative estimate of drug-likeness (QED) is 0.903. The third-order valence-corrected chi connectivity index (χ3v) is 3.62. The minimum Gasteiger partial charge on any atom is -0.479 e. The highest BCUT2D eigenvalue weighted by atomic mass is 16.5. The van der Waals surface area contributed by atoms with Crippen LogP contribution in [0.2, 0.25) is 0 Å². The summed E-state index contributed by atoms with van der Waals surface area (Å²) in [6, 6.07) is -0.680. The number of carbonyl (C=O) groups excluding carboxylic acids is 1. The van der Waals surface area contributed by atoms with Gasteiger partial charge < -0.3 is 19.3 Å². The van der Waals surface area contributed by atoms with Crippen molar-refractivity contribution in [1.82, 2.24) is 14.5 Å². The number of nitrogens with zero attached hydrogens (tertiary/aromatic N) is 3. The van der Waals surface area contributed by atoms with E-state index in [0.717, 1.165) is 0 Å². The van der Waals surface area contributed by atoms with Crippen molar-refractivity contribution in [2.45, 2.75) is 51.9 Å². The molecule has 2 rings (SSSR count). The van der Waals surface area contributed by atoms with Crippen LogP contribution in [-0.4, -0.2) is 50.2 Å². The molecule has 0 saturated carbocycles. The largest absolute Gasteiger partial charge is 0.479 e. The number of imidazole rings is 1. The Morgan fingerprint density at radius 2 is 2.05 bits per heavy atom. The number of morpholine rings is 1. The minimum absolute atomic E-state index is 0.114. The average molecular weight is 295 g/mol. The molecule has 1 fully saturated rings. The van der Waals surface area contributed by atoms with Crippen molar-refractivity contribution in [1.29, 1.82) is 0 Å². The second kappa shape index (κ2) is 5.85. The van der Waals surface area contributed by atoms with Gasteiger partial charge in [-0.1, -0.05) is 0 Å². The number of ether oxygens (including phenoxy) is 1. The number of carboxylic acid groups (broad SMARTS) is 1. The summed E-state index contributed by atoms with van der Waals surface area (Å²) in [5, 5.41) is 9.43. The highest BCUT2D eigenvalue weighted by Crippen LogP contribution is 2.33. The Hall–Kier alpha value is -1.89. The Balaban J connectivity index is 2.52. The first-order valence-corrected chi connectivity index (χ1v) is 7.01. The first-order chi connectivity index (χ1) is 9.84. The number of aromatic nitrogens is 2. The molecule has 7 heteroatoms.